The van der Waals surface area contributed by atoms with Crippen LogP contribution >= 0.6 is 11.3 Å². The molecule has 1 aliphatic heterocycles. The van der Waals surface area contributed by atoms with Crippen LogP contribution in [0.15, 0.2) is 23.6 Å². The van der Waals surface area contributed by atoms with Crippen molar-refractivity contribution in [2.45, 2.75) is 19.4 Å². The van der Waals surface area contributed by atoms with E-state index in [0.717, 1.165) is 27.6 Å². The first-order valence-corrected chi connectivity index (χ1v) is 8.07. The summed E-state index contributed by atoms with van der Waals surface area (Å²) >= 11 is 1.58. The molecule has 0 bridgehead atoms. The summed E-state index contributed by atoms with van der Waals surface area (Å²) in [6.07, 6.45) is 0.472. The molecule has 0 fully saturated rings. The van der Waals surface area contributed by atoms with Crippen molar-refractivity contribution < 1.29 is 9.53 Å². The zero-order chi connectivity index (χ0) is 15.7. The molecule has 5 nitrogen and oxygen atoms in total. The van der Waals surface area contributed by atoms with Crippen LogP contribution in [0, 0.1) is 0 Å². The second kappa shape index (κ2) is 6.06. The van der Waals surface area contributed by atoms with Gasteiger partial charge in [0.25, 0.3) is 0 Å². The molecule has 1 aromatic heterocycles. The number of benzene rings is 1. The van der Waals surface area contributed by atoms with Crippen LogP contribution < -0.4 is 10.2 Å². The van der Waals surface area contributed by atoms with Gasteiger partial charge >= 0.3 is 0 Å². The number of anilines is 2. The maximum Gasteiger partial charge on any atom is 0.231 e. The van der Waals surface area contributed by atoms with Crippen molar-refractivity contribution in [2.24, 2.45) is 0 Å². The number of amides is 1. The summed E-state index contributed by atoms with van der Waals surface area (Å²) in [7, 11) is 3.50. The minimum Gasteiger partial charge on any atom is -0.383 e. The highest BCUT2D eigenvalue weighted by atomic mass is 32.1. The molecule has 2 heterocycles. The maximum atomic E-state index is 11.8. The standard InChI is InChI=1S/C16H19N3O2S/c1-10(8-21-3)17-16-18-13(9-22-16)11-4-5-14-12(6-11)7-15(20)19(14)2/h4-6,9-10H,7-8H2,1-3H3,(H,17,18)/t10-/m0/s1. The summed E-state index contributed by atoms with van der Waals surface area (Å²) < 4.78 is 5.12. The van der Waals surface area contributed by atoms with E-state index >= 15 is 0 Å². The van der Waals surface area contributed by atoms with Gasteiger partial charge in [-0.05, 0) is 24.6 Å². The SMILES string of the molecule is COC[C@H](C)Nc1nc(-c2ccc3c(c2)CC(=O)N3C)cs1. The topological polar surface area (TPSA) is 54.5 Å². The lowest BCUT2D eigenvalue weighted by atomic mass is 10.1. The van der Waals surface area contributed by atoms with Gasteiger partial charge in [0.05, 0.1) is 18.7 Å². The van der Waals surface area contributed by atoms with E-state index in [1.807, 2.05) is 24.6 Å². The Kier molecular flexibility index (Phi) is 4.13. The Balaban J connectivity index is 1.80. The molecule has 0 saturated carbocycles. The molecule has 1 aromatic carbocycles. The van der Waals surface area contributed by atoms with Crippen LogP contribution in [0.25, 0.3) is 11.3 Å². The third-order valence-corrected chi connectivity index (χ3v) is 4.52. The summed E-state index contributed by atoms with van der Waals surface area (Å²) in [5.41, 5.74) is 4.05. The molecule has 116 valence electrons. The zero-order valence-electron chi connectivity index (χ0n) is 12.9. The van der Waals surface area contributed by atoms with Crippen LogP contribution in [0.5, 0.6) is 0 Å². The average molecular weight is 317 g/mol. The third-order valence-electron chi connectivity index (χ3n) is 3.74. The molecule has 3 rings (SSSR count). The van der Waals surface area contributed by atoms with Crippen molar-refractivity contribution in [1.29, 1.82) is 0 Å². The number of carbonyl (C=O) groups is 1. The minimum absolute atomic E-state index is 0.140. The number of thiazole rings is 1. The Morgan fingerprint density at radius 1 is 1.50 bits per heavy atom. The Morgan fingerprint density at radius 3 is 3.09 bits per heavy atom. The lowest BCUT2D eigenvalue weighted by molar-refractivity contribution is -0.117. The number of fused-ring (bicyclic) bond motifs is 1. The molecule has 2 aromatic rings. The van der Waals surface area contributed by atoms with Crippen LogP contribution in [0.2, 0.25) is 0 Å². The number of rotatable bonds is 5. The van der Waals surface area contributed by atoms with E-state index in [-0.39, 0.29) is 11.9 Å². The smallest absolute Gasteiger partial charge is 0.231 e. The van der Waals surface area contributed by atoms with Crippen LogP contribution in [0.3, 0.4) is 0 Å². The minimum atomic E-state index is 0.140. The number of nitrogens with one attached hydrogen (secondary N) is 1. The number of hydrogen-bond acceptors (Lipinski definition) is 5. The largest absolute Gasteiger partial charge is 0.383 e. The van der Waals surface area contributed by atoms with Gasteiger partial charge in [-0.2, -0.15) is 0 Å². The van der Waals surface area contributed by atoms with Crippen molar-refractivity contribution in [3.05, 3.63) is 29.1 Å². The van der Waals surface area contributed by atoms with Crippen molar-refractivity contribution in [3.63, 3.8) is 0 Å². The average Bonchev–Trinajstić information content (AvgIpc) is 3.05. The van der Waals surface area contributed by atoms with Crippen LogP contribution in [-0.4, -0.2) is 37.7 Å². The summed E-state index contributed by atoms with van der Waals surface area (Å²) in [6, 6.07) is 6.30. The van der Waals surface area contributed by atoms with E-state index in [9.17, 15) is 4.79 Å². The first kappa shape index (κ1) is 15.0. The molecule has 22 heavy (non-hydrogen) atoms. The van der Waals surface area contributed by atoms with Crippen molar-refractivity contribution >= 4 is 28.1 Å². The Morgan fingerprint density at radius 2 is 2.32 bits per heavy atom. The van der Waals surface area contributed by atoms with Crippen molar-refractivity contribution in [3.8, 4) is 11.3 Å². The molecule has 1 atom stereocenters. The molecule has 0 spiro atoms. The van der Waals surface area contributed by atoms with Gasteiger partial charge in [-0.3, -0.25) is 4.79 Å². The zero-order valence-corrected chi connectivity index (χ0v) is 13.7. The normalized spacial score (nSPS) is 15.0. The highest BCUT2D eigenvalue weighted by Gasteiger charge is 2.24. The molecular formula is C16H19N3O2S. The van der Waals surface area contributed by atoms with Gasteiger partial charge in [0.15, 0.2) is 5.13 Å². The molecule has 1 aliphatic rings. The molecule has 0 saturated heterocycles. The molecule has 0 aliphatic carbocycles. The van der Waals surface area contributed by atoms with E-state index in [0.29, 0.717) is 13.0 Å². The predicted molar refractivity (Wildman–Crippen MR) is 89.6 cm³/mol. The van der Waals surface area contributed by atoms with Crippen LogP contribution in [0.1, 0.15) is 12.5 Å². The van der Waals surface area contributed by atoms with E-state index in [2.05, 4.69) is 23.3 Å². The van der Waals surface area contributed by atoms with Crippen LogP contribution in [-0.2, 0) is 16.0 Å². The summed E-state index contributed by atoms with van der Waals surface area (Å²) in [4.78, 5) is 18.1. The van der Waals surface area contributed by atoms with Gasteiger partial charge in [0.1, 0.15) is 0 Å². The number of hydrogen-bond donors (Lipinski definition) is 1. The van der Waals surface area contributed by atoms with E-state index in [1.54, 1.807) is 23.3 Å². The predicted octanol–water partition coefficient (Wildman–Crippen LogP) is 2.78. The molecule has 0 unspecified atom stereocenters. The van der Waals surface area contributed by atoms with E-state index < -0.39 is 0 Å². The lowest BCUT2D eigenvalue weighted by Crippen LogP contribution is -2.20. The maximum absolute atomic E-state index is 11.8. The molecule has 0 radical (unpaired) electrons. The van der Waals surface area contributed by atoms with Crippen LogP contribution in [0.4, 0.5) is 10.8 Å². The quantitative estimate of drug-likeness (QED) is 0.921. The second-order valence-electron chi connectivity index (χ2n) is 5.51. The summed E-state index contributed by atoms with van der Waals surface area (Å²) in [5, 5.41) is 6.23. The number of likely N-dealkylation sites (N-methyl/N-ethyl adjacent to an activating group) is 1. The van der Waals surface area contributed by atoms with E-state index in [1.165, 1.54) is 0 Å². The van der Waals surface area contributed by atoms with Gasteiger partial charge in [-0.1, -0.05) is 6.07 Å². The van der Waals surface area contributed by atoms with Gasteiger partial charge in [-0.25, -0.2) is 4.98 Å². The molecular weight excluding hydrogens is 298 g/mol. The third kappa shape index (κ3) is 2.84. The first-order chi connectivity index (χ1) is 10.6. The second-order valence-corrected chi connectivity index (χ2v) is 6.37. The fourth-order valence-corrected chi connectivity index (χ4v) is 3.44. The Labute approximate surface area is 133 Å². The van der Waals surface area contributed by atoms with Gasteiger partial charge in [0.2, 0.25) is 5.91 Å². The fraction of sp³-hybridized carbons (Fsp3) is 0.375. The Bertz CT molecular complexity index is 698. The fourth-order valence-electron chi connectivity index (χ4n) is 2.60. The monoisotopic (exact) mass is 317 g/mol. The van der Waals surface area contributed by atoms with Crippen molar-refractivity contribution in [1.82, 2.24) is 4.98 Å². The number of aromatic nitrogens is 1. The lowest BCUT2D eigenvalue weighted by Gasteiger charge is -2.11. The highest BCUT2D eigenvalue weighted by molar-refractivity contribution is 7.14. The summed E-state index contributed by atoms with van der Waals surface area (Å²) in [6.45, 7) is 2.70. The van der Waals surface area contributed by atoms with Gasteiger partial charge < -0.3 is 15.0 Å². The molecule has 1 amide bonds. The Hall–Kier alpha value is -1.92. The number of nitrogens with zero attached hydrogens (tertiary/aromatic N) is 2. The summed E-state index contributed by atoms with van der Waals surface area (Å²) in [5.74, 6) is 0.140. The first-order valence-electron chi connectivity index (χ1n) is 7.19. The number of ether oxygens (including phenoxy) is 1. The molecule has 6 heteroatoms. The number of methoxy groups -OCH3 is 1. The van der Waals surface area contributed by atoms with E-state index in [4.69, 9.17) is 4.74 Å². The molecule has 1 N–H and O–H groups in total. The number of carbonyl (C=O) groups excluding carboxylic acids is 1. The van der Waals surface area contributed by atoms with Gasteiger partial charge in [0, 0.05) is 36.8 Å². The highest BCUT2D eigenvalue weighted by Crippen LogP contribution is 2.33. The van der Waals surface area contributed by atoms with Crippen molar-refractivity contribution in [2.75, 3.05) is 31.0 Å². The van der Waals surface area contributed by atoms with Gasteiger partial charge in [-0.15, -0.1) is 11.3 Å².